The molecule has 0 aliphatic carbocycles. The Hall–Kier alpha value is -2.87. The summed E-state index contributed by atoms with van der Waals surface area (Å²) in [5.74, 6) is -1.06. The van der Waals surface area contributed by atoms with Gasteiger partial charge in [-0.05, 0) is 44.3 Å². The summed E-state index contributed by atoms with van der Waals surface area (Å²) in [6, 6.07) is 19.2. The Morgan fingerprint density at radius 3 is 2.23 bits per heavy atom. The average Bonchev–Trinajstić information content (AvgIpc) is 2.66. The quantitative estimate of drug-likeness (QED) is 0.321. The second-order valence-corrected chi connectivity index (χ2v) is 7.04. The normalized spacial score (nSPS) is 12.8. The summed E-state index contributed by atoms with van der Waals surface area (Å²) in [6.07, 6.45) is 2.83. The van der Waals surface area contributed by atoms with Crippen LogP contribution >= 0.6 is 0 Å². The number of rotatable bonds is 6. The molecule has 2 nitrogen and oxygen atoms in total. The number of carbonyl (C=O) groups is 1. The highest BCUT2D eigenvalue weighted by Gasteiger charge is 2.23. The van der Waals surface area contributed by atoms with Gasteiger partial charge in [0.1, 0.15) is 0 Å². The van der Waals surface area contributed by atoms with Crippen LogP contribution in [-0.4, -0.2) is 11.1 Å². The van der Waals surface area contributed by atoms with Gasteiger partial charge in [0.25, 0.3) is 0 Å². The topological polar surface area (TPSA) is 37.3 Å². The fourth-order valence-electron chi connectivity index (χ4n) is 4.14. The van der Waals surface area contributed by atoms with Gasteiger partial charge >= 0.3 is 5.97 Å². The lowest BCUT2D eigenvalue weighted by Gasteiger charge is -2.21. The highest BCUT2D eigenvalue weighted by Crippen LogP contribution is 2.40. The Kier molecular flexibility index (Phi) is 4.12. The first kappa shape index (κ1) is 16.6. The lowest BCUT2D eigenvalue weighted by atomic mass is 9.82. The van der Waals surface area contributed by atoms with Crippen molar-refractivity contribution in [3.05, 3.63) is 72.3 Å². The van der Waals surface area contributed by atoms with Crippen molar-refractivity contribution >= 4 is 38.3 Å². The zero-order valence-electron chi connectivity index (χ0n) is 15.0. The molecule has 1 atom stereocenters. The molecule has 0 amide bonds. The fraction of sp³-hybridized carbons (Fsp3) is 0.208. The van der Waals surface area contributed by atoms with E-state index in [2.05, 4.69) is 68.1 Å². The minimum atomic E-state index is -0.906. The molecule has 2 heteroatoms. The second-order valence-electron chi connectivity index (χ2n) is 7.04. The van der Waals surface area contributed by atoms with E-state index in [-0.39, 0.29) is 11.5 Å². The van der Waals surface area contributed by atoms with Crippen molar-refractivity contribution in [3.63, 3.8) is 0 Å². The van der Waals surface area contributed by atoms with Crippen LogP contribution in [0.25, 0.3) is 32.3 Å². The molecule has 0 radical (unpaired) electrons. The van der Waals surface area contributed by atoms with Crippen LogP contribution in [0.3, 0.4) is 0 Å². The summed E-state index contributed by atoms with van der Waals surface area (Å²) >= 11 is 0. The number of hydrogen-bond acceptors (Lipinski definition) is 1. The number of hydrogen-bond donors (Lipinski definition) is 1. The predicted octanol–water partition coefficient (Wildman–Crippen LogP) is 6.50. The smallest absolute Gasteiger partial charge is 0.331 e. The SMILES string of the molecule is C=C(C(=O)O)C(CCCC)c1ccc2ccc3cccc4ccc1c2c34. The van der Waals surface area contributed by atoms with E-state index < -0.39 is 5.97 Å². The van der Waals surface area contributed by atoms with Gasteiger partial charge in [0.15, 0.2) is 0 Å². The zero-order chi connectivity index (χ0) is 18.3. The maximum atomic E-state index is 11.6. The highest BCUT2D eigenvalue weighted by molar-refractivity contribution is 6.23. The number of benzene rings is 4. The van der Waals surface area contributed by atoms with E-state index in [9.17, 15) is 9.90 Å². The molecule has 4 rings (SSSR count). The molecule has 130 valence electrons. The molecule has 0 spiro atoms. The van der Waals surface area contributed by atoms with Crippen molar-refractivity contribution in [2.75, 3.05) is 0 Å². The van der Waals surface area contributed by atoms with Crippen LogP contribution in [0, 0.1) is 0 Å². The molecule has 0 aliphatic heterocycles. The Bertz CT molecular complexity index is 1110. The summed E-state index contributed by atoms with van der Waals surface area (Å²) in [6.45, 7) is 6.02. The third kappa shape index (κ3) is 2.53. The Morgan fingerprint density at radius 1 is 0.962 bits per heavy atom. The minimum Gasteiger partial charge on any atom is -0.478 e. The summed E-state index contributed by atoms with van der Waals surface area (Å²) < 4.78 is 0. The zero-order valence-corrected chi connectivity index (χ0v) is 15.0. The first-order chi connectivity index (χ1) is 12.6. The number of aliphatic carboxylic acids is 1. The van der Waals surface area contributed by atoms with Crippen molar-refractivity contribution in [3.8, 4) is 0 Å². The molecular weight excluding hydrogens is 320 g/mol. The van der Waals surface area contributed by atoms with E-state index in [0.29, 0.717) is 0 Å². The summed E-state index contributed by atoms with van der Waals surface area (Å²) in [4.78, 5) is 11.6. The summed E-state index contributed by atoms with van der Waals surface area (Å²) in [7, 11) is 0. The van der Waals surface area contributed by atoms with E-state index in [0.717, 1.165) is 30.2 Å². The molecule has 1 unspecified atom stereocenters. The molecule has 4 aromatic rings. The van der Waals surface area contributed by atoms with Gasteiger partial charge in [-0.15, -0.1) is 0 Å². The van der Waals surface area contributed by atoms with Crippen LogP contribution in [0.4, 0.5) is 0 Å². The Morgan fingerprint density at radius 2 is 1.58 bits per heavy atom. The van der Waals surface area contributed by atoms with Gasteiger partial charge in [0.05, 0.1) is 0 Å². The molecule has 0 heterocycles. The van der Waals surface area contributed by atoms with Crippen LogP contribution in [0.15, 0.2) is 66.7 Å². The van der Waals surface area contributed by atoms with Gasteiger partial charge in [-0.25, -0.2) is 4.79 Å². The molecule has 0 saturated heterocycles. The first-order valence-electron chi connectivity index (χ1n) is 9.20. The van der Waals surface area contributed by atoms with Crippen LogP contribution in [0.5, 0.6) is 0 Å². The van der Waals surface area contributed by atoms with Crippen molar-refractivity contribution in [2.45, 2.75) is 32.1 Å². The molecule has 0 bridgehead atoms. The van der Waals surface area contributed by atoms with E-state index in [1.807, 2.05) is 0 Å². The monoisotopic (exact) mass is 342 g/mol. The van der Waals surface area contributed by atoms with Crippen molar-refractivity contribution in [2.24, 2.45) is 0 Å². The summed E-state index contributed by atoms with van der Waals surface area (Å²) in [5, 5.41) is 16.8. The van der Waals surface area contributed by atoms with Crippen LogP contribution in [0.1, 0.15) is 37.7 Å². The largest absolute Gasteiger partial charge is 0.478 e. The van der Waals surface area contributed by atoms with E-state index in [1.165, 1.54) is 26.9 Å². The Balaban J connectivity index is 2.02. The first-order valence-corrected chi connectivity index (χ1v) is 9.20. The van der Waals surface area contributed by atoms with Gasteiger partial charge in [-0.1, -0.05) is 80.9 Å². The van der Waals surface area contributed by atoms with E-state index >= 15 is 0 Å². The molecule has 0 aromatic heterocycles. The van der Waals surface area contributed by atoms with Crippen molar-refractivity contribution < 1.29 is 9.90 Å². The molecule has 0 fully saturated rings. The fourth-order valence-corrected chi connectivity index (χ4v) is 4.14. The average molecular weight is 342 g/mol. The molecule has 4 aromatic carbocycles. The molecular formula is C24H22O2. The van der Waals surface area contributed by atoms with Crippen LogP contribution < -0.4 is 0 Å². The van der Waals surface area contributed by atoms with E-state index in [4.69, 9.17) is 0 Å². The Labute approximate surface area is 153 Å². The van der Waals surface area contributed by atoms with Crippen molar-refractivity contribution in [1.29, 1.82) is 0 Å². The third-order valence-electron chi connectivity index (χ3n) is 5.48. The van der Waals surface area contributed by atoms with E-state index in [1.54, 1.807) is 0 Å². The highest BCUT2D eigenvalue weighted by atomic mass is 16.4. The maximum Gasteiger partial charge on any atom is 0.331 e. The number of unbranched alkanes of at least 4 members (excludes halogenated alkanes) is 1. The lowest BCUT2D eigenvalue weighted by molar-refractivity contribution is -0.132. The van der Waals surface area contributed by atoms with Gasteiger partial charge in [-0.2, -0.15) is 0 Å². The molecule has 1 N–H and O–H groups in total. The molecule has 0 saturated carbocycles. The summed E-state index contributed by atoms with van der Waals surface area (Å²) in [5.41, 5.74) is 1.37. The standard InChI is InChI=1S/C24H22O2/c1-3-4-8-19(15(2)24(25)26)20-13-11-18-10-9-16-6-5-7-17-12-14-21(20)23(18)22(16)17/h5-7,9-14,19H,2-4,8H2,1H3,(H,25,26). The number of carboxylic acid groups (broad SMARTS) is 1. The molecule has 26 heavy (non-hydrogen) atoms. The predicted molar refractivity (Wildman–Crippen MR) is 109 cm³/mol. The van der Waals surface area contributed by atoms with Gasteiger partial charge in [0, 0.05) is 11.5 Å². The minimum absolute atomic E-state index is 0.156. The lowest BCUT2D eigenvalue weighted by Crippen LogP contribution is -2.11. The van der Waals surface area contributed by atoms with Gasteiger partial charge in [-0.3, -0.25) is 0 Å². The second kappa shape index (κ2) is 6.45. The third-order valence-corrected chi connectivity index (χ3v) is 5.48. The van der Waals surface area contributed by atoms with Crippen molar-refractivity contribution in [1.82, 2.24) is 0 Å². The van der Waals surface area contributed by atoms with Crippen LogP contribution in [0.2, 0.25) is 0 Å². The van der Waals surface area contributed by atoms with Crippen LogP contribution in [-0.2, 0) is 4.79 Å². The number of carboxylic acids is 1. The molecule has 0 aliphatic rings. The maximum absolute atomic E-state index is 11.6. The van der Waals surface area contributed by atoms with Gasteiger partial charge in [0.2, 0.25) is 0 Å². The van der Waals surface area contributed by atoms with Gasteiger partial charge < -0.3 is 5.11 Å².